The Morgan fingerprint density at radius 1 is 1.15 bits per heavy atom. The fourth-order valence-corrected chi connectivity index (χ4v) is 3.36. The van der Waals surface area contributed by atoms with Crippen molar-refractivity contribution in [3.05, 3.63) is 57.9 Å². The Labute approximate surface area is 128 Å². The van der Waals surface area contributed by atoms with Crippen molar-refractivity contribution in [2.45, 2.75) is 0 Å². The molecular formula is C14H9ClN2OS2. The summed E-state index contributed by atoms with van der Waals surface area (Å²) >= 11 is 8.88. The minimum Gasteiger partial charge on any atom is -0.321 e. The van der Waals surface area contributed by atoms with Crippen LogP contribution in [0.3, 0.4) is 0 Å². The Morgan fingerprint density at radius 2 is 1.95 bits per heavy atom. The van der Waals surface area contributed by atoms with Crippen LogP contribution in [0.4, 0.5) is 5.69 Å². The number of benzene rings is 1. The Kier molecular flexibility index (Phi) is 3.82. The van der Waals surface area contributed by atoms with Gasteiger partial charge in [-0.2, -0.15) is 0 Å². The molecule has 1 amide bonds. The lowest BCUT2D eigenvalue weighted by atomic mass is 10.3. The predicted molar refractivity (Wildman–Crippen MR) is 84.8 cm³/mol. The number of thiophene rings is 1. The van der Waals surface area contributed by atoms with Gasteiger partial charge < -0.3 is 5.32 Å². The number of amides is 1. The Morgan fingerprint density at radius 3 is 2.65 bits per heavy atom. The number of halogens is 1. The van der Waals surface area contributed by atoms with E-state index in [1.54, 1.807) is 41.0 Å². The summed E-state index contributed by atoms with van der Waals surface area (Å²) in [5.74, 6) is -0.216. The van der Waals surface area contributed by atoms with E-state index in [9.17, 15) is 4.79 Å². The summed E-state index contributed by atoms with van der Waals surface area (Å²) in [7, 11) is 0. The number of carbonyl (C=O) groups is 1. The smallest absolute Gasteiger partial charge is 0.275 e. The molecule has 2 aromatic heterocycles. The number of anilines is 1. The van der Waals surface area contributed by atoms with Crippen LogP contribution in [0.2, 0.25) is 5.02 Å². The van der Waals surface area contributed by atoms with Crippen molar-refractivity contribution in [1.29, 1.82) is 0 Å². The summed E-state index contributed by atoms with van der Waals surface area (Å²) in [5, 5.41) is 8.05. The Hall–Kier alpha value is -1.69. The van der Waals surface area contributed by atoms with Gasteiger partial charge in [-0.05, 0) is 35.7 Å². The van der Waals surface area contributed by atoms with Gasteiger partial charge in [0, 0.05) is 16.1 Å². The van der Waals surface area contributed by atoms with Crippen molar-refractivity contribution in [1.82, 2.24) is 4.98 Å². The molecule has 20 heavy (non-hydrogen) atoms. The van der Waals surface area contributed by atoms with Crippen LogP contribution in [0.1, 0.15) is 10.5 Å². The maximum absolute atomic E-state index is 12.1. The van der Waals surface area contributed by atoms with Crippen LogP contribution >= 0.6 is 34.3 Å². The van der Waals surface area contributed by atoms with Gasteiger partial charge in [0.2, 0.25) is 0 Å². The summed E-state index contributed by atoms with van der Waals surface area (Å²) in [6, 6.07) is 10.9. The summed E-state index contributed by atoms with van der Waals surface area (Å²) in [5.41, 5.74) is 1.12. The highest BCUT2D eigenvalue weighted by atomic mass is 35.5. The molecule has 6 heteroatoms. The molecule has 3 rings (SSSR count). The van der Waals surface area contributed by atoms with E-state index in [0.717, 1.165) is 9.88 Å². The van der Waals surface area contributed by atoms with E-state index < -0.39 is 0 Å². The van der Waals surface area contributed by atoms with Gasteiger partial charge in [0.15, 0.2) is 0 Å². The minimum atomic E-state index is -0.216. The third kappa shape index (κ3) is 2.90. The van der Waals surface area contributed by atoms with Gasteiger partial charge in [-0.15, -0.1) is 22.7 Å². The molecule has 0 aliphatic carbocycles. The number of rotatable bonds is 3. The standard InChI is InChI=1S/C14H9ClN2OS2/c15-9-3-5-10(6-4-9)16-13(18)11-8-20-14(17-11)12-2-1-7-19-12/h1-8H,(H,16,18). The molecule has 0 saturated carbocycles. The number of carbonyl (C=O) groups excluding carboxylic acids is 1. The summed E-state index contributed by atoms with van der Waals surface area (Å²) < 4.78 is 0. The van der Waals surface area contributed by atoms with Crippen molar-refractivity contribution < 1.29 is 4.79 Å². The average Bonchev–Trinajstić information content (AvgIpc) is 3.11. The van der Waals surface area contributed by atoms with Gasteiger partial charge in [-0.25, -0.2) is 4.98 Å². The first-order valence-corrected chi connectivity index (χ1v) is 7.92. The van der Waals surface area contributed by atoms with Crippen LogP contribution in [-0.4, -0.2) is 10.9 Å². The van der Waals surface area contributed by atoms with Crippen LogP contribution in [0.15, 0.2) is 47.2 Å². The second kappa shape index (κ2) is 5.75. The highest BCUT2D eigenvalue weighted by Crippen LogP contribution is 2.28. The fraction of sp³-hybridized carbons (Fsp3) is 0. The first-order chi connectivity index (χ1) is 9.72. The van der Waals surface area contributed by atoms with Gasteiger partial charge in [0.05, 0.1) is 4.88 Å². The lowest BCUT2D eigenvalue weighted by molar-refractivity contribution is 0.102. The number of aromatic nitrogens is 1. The first kappa shape index (κ1) is 13.3. The van der Waals surface area contributed by atoms with Gasteiger partial charge in [-0.1, -0.05) is 17.7 Å². The quantitative estimate of drug-likeness (QED) is 0.754. The highest BCUT2D eigenvalue weighted by Gasteiger charge is 2.12. The molecule has 0 saturated heterocycles. The minimum absolute atomic E-state index is 0.216. The van der Waals surface area contributed by atoms with Crippen LogP contribution in [0, 0.1) is 0 Å². The van der Waals surface area contributed by atoms with Crippen LogP contribution < -0.4 is 5.32 Å². The van der Waals surface area contributed by atoms with E-state index in [1.165, 1.54) is 11.3 Å². The van der Waals surface area contributed by atoms with Gasteiger partial charge in [0.25, 0.3) is 5.91 Å². The zero-order valence-electron chi connectivity index (χ0n) is 10.2. The largest absolute Gasteiger partial charge is 0.321 e. The lowest BCUT2D eigenvalue weighted by Gasteiger charge is -2.02. The third-order valence-corrected chi connectivity index (χ3v) is 4.70. The molecule has 0 unspecified atom stereocenters. The van der Waals surface area contributed by atoms with E-state index in [1.807, 2.05) is 17.5 Å². The molecule has 0 radical (unpaired) electrons. The van der Waals surface area contributed by atoms with Crippen molar-refractivity contribution in [3.63, 3.8) is 0 Å². The van der Waals surface area contributed by atoms with E-state index in [-0.39, 0.29) is 5.91 Å². The number of hydrogen-bond acceptors (Lipinski definition) is 4. The van der Waals surface area contributed by atoms with E-state index in [2.05, 4.69) is 10.3 Å². The second-order valence-electron chi connectivity index (χ2n) is 3.98. The molecule has 0 aliphatic rings. The molecule has 100 valence electrons. The van der Waals surface area contributed by atoms with Crippen LogP contribution in [0.5, 0.6) is 0 Å². The molecule has 0 fully saturated rings. The molecular weight excluding hydrogens is 312 g/mol. The zero-order valence-corrected chi connectivity index (χ0v) is 12.6. The molecule has 3 aromatic rings. The van der Waals surface area contributed by atoms with Crippen molar-refractivity contribution >= 4 is 45.9 Å². The molecule has 3 nitrogen and oxygen atoms in total. The number of nitrogens with zero attached hydrogens (tertiary/aromatic N) is 1. The normalized spacial score (nSPS) is 10.4. The number of nitrogens with one attached hydrogen (secondary N) is 1. The van der Waals surface area contributed by atoms with Crippen LogP contribution in [-0.2, 0) is 0 Å². The molecule has 1 N–H and O–H groups in total. The first-order valence-electron chi connectivity index (χ1n) is 5.79. The summed E-state index contributed by atoms with van der Waals surface area (Å²) in [6.45, 7) is 0. The summed E-state index contributed by atoms with van der Waals surface area (Å²) in [4.78, 5) is 17.5. The van der Waals surface area contributed by atoms with E-state index in [4.69, 9.17) is 11.6 Å². The maximum Gasteiger partial charge on any atom is 0.275 e. The number of hydrogen-bond donors (Lipinski definition) is 1. The van der Waals surface area contributed by atoms with E-state index >= 15 is 0 Å². The zero-order chi connectivity index (χ0) is 13.9. The molecule has 0 bridgehead atoms. The van der Waals surface area contributed by atoms with Crippen molar-refractivity contribution in [2.24, 2.45) is 0 Å². The lowest BCUT2D eigenvalue weighted by Crippen LogP contribution is -2.12. The average molecular weight is 321 g/mol. The molecule has 0 aliphatic heterocycles. The molecule has 0 spiro atoms. The Balaban J connectivity index is 1.76. The summed E-state index contributed by atoms with van der Waals surface area (Å²) in [6.07, 6.45) is 0. The van der Waals surface area contributed by atoms with Gasteiger partial charge >= 0.3 is 0 Å². The number of thiazole rings is 1. The molecule has 2 heterocycles. The van der Waals surface area contributed by atoms with Crippen LogP contribution in [0.25, 0.3) is 9.88 Å². The third-order valence-electron chi connectivity index (χ3n) is 2.57. The van der Waals surface area contributed by atoms with Gasteiger partial charge in [-0.3, -0.25) is 4.79 Å². The second-order valence-corrected chi connectivity index (χ2v) is 6.22. The molecule has 0 atom stereocenters. The SMILES string of the molecule is O=C(Nc1ccc(Cl)cc1)c1csc(-c2cccs2)n1. The predicted octanol–water partition coefficient (Wildman–Crippen LogP) is 4.78. The topological polar surface area (TPSA) is 42.0 Å². The fourth-order valence-electron chi connectivity index (χ4n) is 1.62. The van der Waals surface area contributed by atoms with E-state index in [0.29, 0.717) is 16.4 Å². The van der Waals surface area contributed by atoms with Crippen molar-refractivity contribution in [2.75, 3.05) is 5.32 Å². The maximum atomic E-state index is 12.1. The van der Waals surface area contributed by atoms with Crippen molar-refractivity contribution in [3.8, 4) is 9.88 Å². The Bertz CT molecular complexity index is 720. The highest BCUT2D eigenvalue weighted by molar-refractivity contribution is 7.20. The molecule has 1 aromatic carbocycles. The van der Waals surface area contributed by atoms with Gasteiger partial charge in [0.1, 0.15) is 10.7 Å². The monoisotopic (exact) mass is 320 g/mol.